The Balaban J connectivity index is 1.30. The highest BCUT2D eigenvalue weighted by atomic mass is 32.2. The van der Waals surface area contributed by atoms with Crippen molar-refractivity contribution in [2.75, 3.05) is 6.54 Å². The number of aromatic nitrogens is 2. The molecule has 2 amide bonds. The van der Waals surface area contributed by atoms with Gasteiger partial charge in [-0.2, -0.15) is 5.10 Å². The third kappa shape index (κ3) is 6.31. The first kappa shape index (κ1) is 26.1. The van der Waals surface area contributed by atoms with Crippen molar-refractivity contribution in [2.24, 2.45) is 0 Å². The SMILES string of the molecule is O=C(NC1CCc2n[nH]cc2C1)[C@@H]1CCCN1C(=O)[C@@H](Cc1ccccc1)NS(=O)(=O)Cc1ccccc1. The van der Waals surface area contributed by atoms with Crippen molar-refractivity contribution < 1.29 is 18.0 Å². The molecule has 1 fully saturated rings. The van der Waals surface area contributed by atoms with Gasteiger partial charge in [0.25, 0.3) is 0 Å². The second-order valence-corrected chi connectivity index (χ2v) is 11.9. The van der Waals surface area contributed by atoms with E-state index in [9.17, 15) is 18.0 Å². The third-order valence-corrected chi connectivity index (χ3v) is 8.65. The van der Waals surface area contributed by atoms with Gasteiger partial charge in [0.2, 0.25) is 21.8 Å². The molecule has 9 nitrogen and oxygen atoms in total. The number of fused-ring (bicyclic) bond motifs is 1. The minimum Gasteiger partial charge on any atom is -0.351 e. The van der Waals surface area contributed by atoms with Crippen LogP contribution >= 0.6 is 0 Å². The zero-order valence-electron chi connectivity index (χ0n) is 21.2. The number of carbonyl (C=O) groups excluding carboxylic acids is 2. The zero-order valence-corrected chi connectivity index (χ0v) is 22.0. The van der Waals surface area contributed by atoms with Crippen molar-refractivity contribution in [3.05, 3.63) is 89.2 Å². The summed E-state index contributed by atoms with van der Waals surface area (Å²) in [6.45, 7) is 0.416. The highest BCUT2D eigenvalue weighted by Crippen LogP contribution is 2.23. The van der Waals surface area contributed by atoms with Gasteiger partial charge < -0.3 is 10.2 Å². The minimum absolute atomic E-state index is 0.0188. The number of sulfonamides is 1. The van der Waals surface area contributed by atoms with E-state index in [1.807, 2.05) is 42.6 Å². The average molecular weight is 536 g/mol. The van der Waals surface area contributed by atoms with Crippen LogP contribution in [0.4, 0.5) is 0 Å². The molecule has 0 bridgehead atoms. The van der Waals surface area contributed by atoms with E-state index in [-0.39, 0.29) is 30.0 Å². The minimum atomic E-state index is -3.82. The monoisotopic (exact) mass is 535 g/mol. The van der Waals surface area contributed by atoms with Gasteiger partial charge in [0.1, 0.15) is 12.1 Å². The lowest BCUT2D eigenvalue weighted by Crippen LogP contribution is -2.55. The molecule has 3 N–H and O–H groups in total. The van der Waals surface area contributed by atoms with Crippen molar-refractivity contribution in [1.82, 2.24) is 25.1 Å². The first-order valence-corrected chi connectivity index (χ1v) is 14.7. The fourth-order valence-electron chi connectivity index (χ4n) is 5.42. The quantitative estimate of drug-likeness (QED) is 0.387. The smallest absolute Gasteiger partial charge is 0.243 e. The van der Waals surface area contributed by atoms with Gasteiger partial charge in [-0.15, -0.1) is 0 Å². The number of likely N-dealkylation sites (tertiary alicyclic amines) is 1. The molecule has 1 aliphatic carbocycles. The summed E-state index contributed by atoms with van der Waals surface area (Å²) >= 11 is 0. The van der Waals surface area contributed by atoms with Crippen molar-refractivity contribution in [3.8, 4) is 0 Å². The number of nitrogens with zero attached hydrogens (tertiary/aromatic N) is 2. The first-order valence-electron chi connectivity index (χ1n) is 13.1. The van der Waals surface area contributed by atoms with E-state index in [1.54, 1.807) is 29.2 Å². The summed E-state index contributed by atoms with van der Waals surface area (Å²) in [7, 11) is -3.82. The maximum Gasteiger partial charge on any atom is 0.243 e. The van der Waals surface area contributed by atoms with Crippen LogP contribution in [0.1, 0.15) is 41.6 Å². The van der Waals surface area contributed by atoms with Gasteiger partial charge in [0.15, 0.2) is 0 Å². The molecule has 0 radical (unpaired) electrons. The Kier molecular flexibility index (Phi) is 7.90. The molecule has 1 saturated heterocycles. The lowest BCUT2D eigenvalue weighted by Gasteiger charge is -2.30. The Hall–Kier alpha value is -3.50. The number of benzene rings is 2. The van der Waals surface area contributed by atoms with Crippen molar-refractivity contribution in [1.29, 1.82) is 0 Å². The Morgan fingerprint density at radius 1 is 1.03 bits per heavy atom. The topological polar surface area (TPSA) is 124 Å². The first-order chi connectivity index (χ1) is 18.4. The van der Waals surface area contributed by atoms with E-state index in [0.717, 1.165) is 29.7 Å². The van der Waals surface area contributed by atoms with Crippen LogP contribution in [-0.2, 0) is 44.6 Å². The van der Waals surface area contributed by atoms with Gasteiger partial charge in [0, 0.05) is 18.8 Å². The fourth-order valence-corrected chi connectivity index (χ4v) is 6.75. The molecule has 200 valence electrons. The Labute approximate surface area is 223 Å². The number of hydrogen-bond acceptors (Lipinski definition) is 5. The molecule has 5 rings (SSSR count). The number of aromatic amines is 1. The molecular weight excluding hydrogens is 502 g/mol. The maximum atomic E-state index is 13.8. The summed E-state index contributed by atoms with van der Waals surface area (Å²) in [5.41, 5.74) is 3.63. The molecule has 2 heterocycles. The van der Waals surface area contributed by atoms with Gasteiger partial charge in [-0.3, -0.25) is 14.7 Å². The average Bonchev–Trinajstić information content (AvgIpc) is 3.58. The fraction of sp³-hybridized carbons (Fsp3) is 0.393. The van der Waals surface area contributed by atoms with Gasteiger partial charge in [-0.25, -0.2) is 13.1 Å². The van der Waals surface area contributed by atoms with E-state index < -0.39 is 22.1 Å². The zero-order chi connectivity index (χ0) is 26.5. The molecular formula is C28H33N5O4S. The highest BCUT2D eigenvalue weighted by Gasteiger charge is 2.39. The van der Waals surface area contributed by atoms with E-state index >= 15 is 0 Å². The number of nitrogens with one attached hydrogen (secondary N) is 3. The molecule has 3 aromatic rings. The highest BCUT2D eigenvalue weighted by molar-refractivity contribution is 7.88. The number of H-pyrrole nitrogens is 1. The summed E-state index contributed by atoms with van der Waals surface area (Å²) in [5.74, 6) is -0.782. The summed E-state index contributed by atoms with van der Waals surface area (Å²) in [5, 5.41) is 10.3. The van der Waals surface area contributed by atoms with Crippen LogP contribution in [0.2, 0.25) is 0 Å². The van der Waals surface area contributed by atoms with Crippen LogP contribution in [0.25, 0.3) is 0 Å². The molecule has 2 aromatic carbocycles. The standard InChI is InChI=1S/C28H33N5O4S/c34-27(30-23-13-14-24-22(17-23)18-29-31-24)26-12-7-15-33(26)28(35)25(16-20-8-3-1-4-9-20)32-38(36,37)19-21-10-5-2-6-11-21/h1-6,8-11,18,23,25-26,32H,7,12-17,19H2,(H,29,31)(H,30,34)/t23?,25-,26+/m1/s1. The molecule has 0 saturated carbocycles. The van der Waals surface area contributed by atoms with Crippen molar-refractivity contribution in [2.45, 2.75) is 62.4 Å². The Morgan fingerprint density at radius 2 is 1.74 bits per heavy atom. The van der Waals surface area contributed by atoms with Crippen LogP contribution in [-0.4, -0.2) is 60.0 Å². The van der Waals surface area contributed by atoms with Crippen LogP contribution < -0.4 is 10.0 Å². The molecule has 3 atom stereocenters. The van der Waals surface area contributed by atoms with E-state index in [0.29, 0.717) is 31.4 Å². The van der Waals surface area contributed by atoms with E-state index in [4.69, 9.17) is 0 Å². The van der Waals surface area contributed by atoms with Crippen LogP contribution in [0, 0.1) is 0 Å². The Morgan fingerprint density at radius 3 is 2.47 bits per heavy atom. The maximum absolute atomic E-state index is 13.8. The largest absolute Gasteiger partial charge is 0.351 e. The van der Waals surface area contributed by atoms with Gasteiger partial charge >= 0.3 is 0 Å². The summed E-state index contributed by atoms with van der Waals surface area (Å²) < 4.78 is 28.9. The molecule has 1 unspecified atom stereocenters. The molecule has 0 spiro atoms. The number of carbonyl (C=O) groups is 2. The van der Waals surface area contributed by atoms with Crippen molar-refractivity contribution in [3.63, 3.8) is 0 Å². The van der Waals surface area contributed by atoms with Gasteiger partial charge in [0.05, 0.1) is 11.4 Å². The van der Waals surface area contributed by atoms with E-state index in [2.05, 4.69) is 20.2 Å². The number of rotatable bonds is 9. The predicted molar refractivity (Wildman–Crippen MR) is 143 cm³/mol. The second kappa shape index (κ2) is 11.5. The van der Waals surface area contributed by atoms with Gasteiger partial charge in [-0.05, 0) is 55.2 Å². The summed E-state index contributed by atoms with van der Waals surface area (Å²) in [4.78, 5) is 28.7. The number of hydrogen-bond donors (Lipinski definition) is 3. The molecule has 1 aliphatic heterocycles. The van der Waals surface area contributed by atoms with Crippen LogP contribution in [0.5, 0.6) is 0 Å². The van der Waals surface area contributed by atoms with Crippen LogP contribution in [0.15, 0.2) is 66.9 Å². The predicted octanol–water partition coefficient (Wildman–Crippen LogP) is 2.11. The lowest BCUT2D eigenvalue weighted by molar-refractivity contribution is -0.140. The number of aryl methyl sites for hydroxylation is 1. The van der Waals surface area contributed by atoms with Crippen molar-refractivity contribution >= 4 is 21.8 Å². The van der Waals surface area contributed by atoms with E-state index in [1.165, 1.54) is 0 Å². The normalized spacial score (nSPS) is 20.1. The number of amides is 2. The van der Waals surface area contributed by atoms with Crippen LogP contribution in [0.3, 0.4) is 0 Å². The Bertz CT molecular complexity index is 1360. The summed E-state index contributed by atoms with van der Waals surface area (Å²) in [6, 6.07) is 16.5. The molecule has 1 aromatic heterocycles. The third-order valence-electron chi connectivity index (χ3n) is 7.29. The molecule has 10 heteroatoms. The lowest BCUT2D eigenvalue weighted by atomic mass is 9.93. The molecule has 2 aliphatic rings. The van der Waals surface area contributed by atoms with Gasteiger partial charge in [-0.1, -0.05) is 60.7 Å². The summed E-state index contributed by atoms with van der Waals surface area (Å²) in [6.07, 6.45) is 5.60. The second-order valence-electron chi connectivity index (χ2n) is 10.1. The molecule has 38 heavy (non-hydrogen) atoms.